The summed E-state index contributed by atoms with van der Waals surface area (Å²) in [7, 11) is 1.86. The molecule has 3 N–H and O–H groups in total. The molecular weight excluding hydrogens is 226 g/mol. The lowest BCUT2D eigenvalue weighted by Gasteiger charge is -2.29. The molecule has 0 aromatic carbocycles. The molecule has 5 heteroatoms. The van der Waals surface area contributed by atoms with Crippen molar-refractivity contribution >= 4 is 11.6 Å². The van der Waals surface area contributed by atoms with Crippen LogP contribution in [0.2, 0.25) is 5.02 Å². The Morgan fingerprint density at radius 2 is 2.19 bits per heavy atom. The molecule has 0 radical (unpaired) electrons. The Morgan fingerprint density at radius 1 is 1.56 bits per heavy atom. The maximum absolute atomic E-state index is 9.47. The highest BCUT2D eigenvalue weighted by molar-refractivity contribution is 6.31. The topological polar surface area (TPSA) is 64.1 Å². The van der Waals surface area contributed by atoms with E-state index in [2.05, 4.69) is 5.10 Å². The van der Waals surface area contributed by atoms with E-state index < -0.39 is 0 Å². The van der Waals surface area contributed by atoms with Crippen LogP contribution < -0.4 is 5.73 Å². The molecule has 1 atom stereocenters. The summed E-state index contributed by atoms with van der Waals surface area (Å²) in [5.74, 6) is 0. The summed E-state index contributed by atoms with van der Waals surface area (Å²) in [5.41, 5.74) is 7.23. The van der Waals surface area contributed by atoms with Gasteiger partial charge in [0.2, 0.25) is 0 Å². The van der Waals surface area contributed by atoms with Gasteiger partial charge >= 0.3 is 0 Å². The molecule has 1 heterocycles. The number of hydrogen-bond donors (Lipinski definition) is 2. The predicted octanol–water partition coefficient (Wildman–Crippen LogP) is 1.27. The van der Waals surface area contributed by atoms with E-state index in [9.17, 15) is 5.11 Å². The van der Waals surface area contributed by atoms with Crippen LogP contribution in [0.15, 0.2) is 0 Å². The number of aromatic nitrogens is 2. The van der Waals surface area contributed by atoms with Gasteiger partial charge in [0.15, 0.2) is 0 Å². The van der Waals surface area contributed by atoms with E-state index >= 15 is 0 Å². The first kappa shape index (κ1) is 13.5. The number of aliphatic hydroxyl groups is 1. The summed E-state index contributed by atoms with van der Waals surface area (Å²) in [6.07, 6.45) is 1.48. The molecule has 0 fully saturated rings. The fraction of sp³-hybridized carbons (Fsp3) is 0.727. The Hall–Kier alpha value is -0.580. The predicted molar refractivity (Wildman–Crippen MR) is 65.5 cm³/mol. The molecule has 0 amide bonds. The van der Waals surface area contributed by atoms with Crippen LogP contribution in [-0.4, -0.2) is 28.0 Å². The van der Waals surface area contributed by atoms with E-state index in [1.54, 1.807) is 4.68 Å². The summed E-state index contributed by atoms with van der Waals surface area (Å²) in [6, 6.07) is 0. The molecule has 1 aromatic heterocycles. The van der Waals surface area contributed by atoms with Crippen molar-refractivity contribution in [1.29, 1.82) is 0 Å². The molecule has 0 spiro atoms. The molecule has 92 valence electrons. The zero-order chi connectivity index (χ0) is 12.3. The highest BCUT2D eigenvalue weighted by atomic mass is 35.5. The van der Waals surface area contributed by atoms with Crippen LogP contribution in [0, 0.1) is 12.3 Å². The summed E-state index contributed by atoms with van der Waals surface area (Å²) >= 11 is 6.19. The first-order chi connectivity index (χ1) is 7.49. The average molecular weight is 246 g/mol. The molecule has 0 bridgehead atoms. The van der Waals surface area contributed by atoms with Crippen molar-refractivity contribution < 1.29 is 5.11 Å². The highest BCUT2D eigenvalue weighted by Crippen LogP contribution is 2.30. The van der Waals surface area contributed by atoms with Crippen LogP contribution in [0.3, 0.4) is 0 Å². The van der Waals surface area contributed by atoms with Gasteiger partial charge in [0.1, 0.15) is 0 Å². The molecule has 0 aliphatic rings. The molecule has 1 aromatic rings. The molecule has 1 unspecified atom stereocenters. The van der Waals surface area contributed by atoms with Crippen molar-refractivity contribution in [1.82, 2.24) is 9.78 Å². The van der Waals surface area contributed by atoms with Crippen LogP contribution >= 0.6 is 11.6 Å². The van der Waals surface area contributed by atoms with Gasteiger partial charge < -0.3 is 10.8 Å². The van der Waals surface area contributed by atoms with E-state index in [1.807, 2.05) is 20.9 Å². The van der Waals surface area contributed by atoms with E-state index in [1.165, 1.54) is 0 Å². The highest BCUT2D eigenvalue weighted by Gasteiger charge is 2.29. The SMILES string of the molecule is CCC(CN)(CO)Cc1c(Cl)c(C)nn1C. The number of nitrogens with zero attached hydrogens (tertiary/aromatic N) is 2. The molecule has 1 rings (SSSR count). The van der Waals surface area contributed by atoms with Gasteiger partial charge in [-0.3, -0.25) is 4.68 Å². The molecule has 0 saturated heterocycles. The van der Waals surface area contributed by atoms with E-state index in [-0.39, 0.29) is 12.0 Å². The summed E-state index contributed by atoms with van der Waals surface area (Å²) in [4.78, 5) is 0. The zero-order valence-corrected chi connectivity index (χ0v) is 10.9. The second-order valence-corrected chi connectivity index (χ2v) is 4.74. The van der Waals surface area contributed by atoms with Crippen molar-refractivity contribution in [3.63, 3.8) is 0 Å². The van der Waals surface area contributed by atoms with Gasteiger partial charge in [-0.05, 0) is 19.8 Å². The molecule has 0 saturated carbocycles. The first-order valence-corrected chi connectivity index (χ1v) is 5.86. The molecule has 0 aliphatic heterocycles. The third kappa shape index (κ3) is 2.39. The smallest absolute Gasteiger partial charge is 0.0847 e. The normalized spacial score (nSPS) is 15.1. The van der Waals surface area contributed by atoms with Crippen LogP contribution in [0.25, 0.3) is 0 Å². The number of aryl methyl sites for hydroxylation is 2. The second kappa shape index (κ2) is 5.17. The Kier molecular flexibility index (Phi) is 4.35. The molecule has 4 nitrogen and oxygen atoms in total. The van der Waals surface area contributed by atoms with Crippen LogP contribution in [0.1, 0.15) is 24.7 Å². The number of hydrogen-bond acceptors (Lipinski definition) is 3. The number of aliphatic hydroxyl groups excluding tert-OH is 1. The summed E-state index contributed by atoms with van der Waals surface area (Å²) in [6.45, 7) is 4.42. The molecule has 0 aliphatic carbocycles. The van der Waals surface area contributed by atoms with E-state index in [0.29, 0.717) is 18.0 Å². The lowest BCUT2D eigenvalue weighted by atomic mass is 9.81. The second-order valence-electron chi connectivity index (χ2n) is 4.36. The van der Waals surface area contributed by atoms with Crippen LogP contribution in [0.5, 0.6) is 0 Å². The Bertz CT molecular complexity index is 350. The monoisotopic (exact) mass is 245 g/mol. The lowest BCUT2D eigenvalue weighted by Crippen LogP contribution is -2.36. The van der Waals surface area contributed by atoms with Crippen molar-refractivity contribution in [3.8, 4) is 0 Å². The van der Waals surface area contributed by atoms with E-state index in [0.717, 1.165) is 17.8 Å². The van der Waals surface area contributed by atoms with Gasteiger partial charge in [-0.2, -0.15) is 5.10 Å². The van der Waals surface area contributed by atoms with Gasteiger partial charge in [-0.1, -0.05) is 18.5 Å². The summed E-state index contributed by atoms with van der Waals surface area (Å²) < 4.78 is 1.77. The maximum Gasteiger partial charge on any atom is 0.0847 e. The third-order valence-corrected chi connectivity index (χ3v) is 3.81. The fourth-order valence-electron chi connectivity index (χ4n) is 1.80. The average Bonchev–Trinajstić information content (AvgIpc) is 2.52. The molecule has 16 heavy (non-hydrogen) atoms. The standard InChI is InChI=1S/C11H20ClN3O/c1-4-11(6-13,7-16)5-9-10(12)8(2)14-15(9)3/h16H,4-7,13H2,1-3H3. The minimum absolute atomic E-state index is 0.0700. The van der Waals surface area contributed by atoms with Gasteiger partial charge in [0.05, 0.1) is 23.0 Å². The van der Waals surface area contributed by atoms with Crippen molar-refractivity contribution in [2.45, 2.75) is 26.7 Å². The van der Waals surface area contributed by atoms with Crippen LogP contribution in [-0.2, 0) is 13.5 Å². The largest absolute Gasteiger partial charge is 0.396 e. The lowest BCUT2D eigenvalue weighted by molar-refractivity contribution is 0.125. The quantitative estimate of drug-likeness (QED) is 0.821. The third-order valence-electron chi connectivity index (χ3n) is 3.32. The first-order valence-electron chi connectivity index (χ1n) is 5.48. The zero-order valence-electron chi connectivity index (χ0n) is 10.1. The van der Waals surface area contributed by atoms with Crippen molar-refractivity contribution in [2.24, 2.45) is 18.2 Å². The van der Waals surface area contributed by atoms with E-state index in [4.69, 9.17) is 17.3 Å². The Labute approximate surface area is 101 Å². The van der Waals surface area contributed by atoms with Gasteiger partial charge in [-0.15, -0.1) is 0 Å². The number of nitrogens with two attached hydrogens (primary N) is 1. The number of halogens is 1. The van der Waals surface area contributed by atoms with Crippen molar-refractivity contribution in [3.05, 3.63) is 16.4 Å². The number of rotatable bonds is 5. The Morgan fingerprint density at radius 3 is 2.50 bits per heavy atom. The van der Waals surface area contributed by atoms with Gasteiger partial charge in [0.25, 0.3) is 0 Å². The van der Waals surface area contributed by atoms with Crippen LogP contribution in [0.4, 0.5) is 0 Å². The van der Waals surface area contributed by atoms with Gasteiger partial charge in [0, 0.05) is 19.0 Å². The maximum atomic E-state index is 9.47. The van der Waals surface area contributed by atoms with Crippen molar-refractivity contribution in [2.75, 3.05) is 13.2 Å². The fourth-order valence-corrected chi connectivity index (χ4v) is 2.03. The molecular formula is C11H20ClN3O. The van der Waals surface area contributed by atoms with Gasteiger partial charge in [-0.25, -0.2) is 0 Å². The Balaban J connectivity index is 3.02. The summed E-state index contributed by atoms with van der Waals surface area (Å²) in [5, 5.41) is 14.4. The minimum Gasteiger partial charge on any atom is -0.396 e. The minimum atomic E-state index is -0.288.